The van der Waals surface area contributed by atoms with Crippen LogP contribution >= 0.6 is 0 Å². The van der Waals surface area contributed by atoms with Crippen molar-refractivity contribution in [2.45, 2.75) is 19.9 Å². The summed E-state index contributed by atoms with van der Waals surface area (Å²) in [5, 5.41) is 6.38. The number of aryl methyl sites for hydroxylation is 1. The molecule has 0 saturated heterocycles. The van der Waals surface area contributed by atoms with Crippen LogP contribution in [0.5, 0.6) is 0 Å². The Labute approximate surface area is 137 Å². The maximum absolute atomic E-state index is 13.6. The predicted molar refractivity (Wildman–Crippen MR) is 92.2 cm³/mol. The number of halogens is 1. The summed E-state index contributed by atoms with van der Waals surface area (Å²) in [5.41, 5.74) is 1.46. The maximum atomic E-state index is 13.6. The summed E-state index contributed by atoms with van der Waals surface area (Å²) in [7, 11) is 4.11. The van der Waals surface area contributed by atoms with Gasteiger partial charge in [-0.3, -0.25) is 0 Å². The Morgan fingerprint density at radius 1 is 1.13 bits per heavy atom. The molecule has 0 saturated carbocycles. The number of nitrogens with one attached hydrogen (secondary N) is 2. The van der Waals surface area contributed by atoms with Gasteiger partial charge in [0, 0.05) is 30.4 Å². The Morgan fingerprint density at radius 3 is 2.65 bits per heavy atom. The third-order valence-corrected chi connectivity index (χ3v) is 3.34. The van der Waals surface area contributed by atoms with Crippen LogP contribution in [0.3, 0.4) is 0 Å². The molecule has 0 aliphatic heterocycles. The second-order valence-electron chi connectivity index (χ2n) is 5.75. The van der Waals surface area contributed by atoms with Gasteiger partial charge >= 0.3 is 0 Å². The quantitative estimate of drug-likeness (QED) is 0.733. The van der Waals surface area contributed by atoms with Gasteiger partial charge in [-0.15, -0.1) is 0 Å². The summed E-state index contributed by atoms with van der Waals surface area (Å²) in [5.74, 6) is 1.06. The van der Waals surface area contributed by atoms with E-state index in [1.165, 1.54) is 6.07 Å². The van der Waals surface area contributed by atoms with Gasteiger partial charge in [0.1, 0.15) is 11.6 Å². The number of anilines is 2. The van der Waals surface area contributed by atoms with Gasteiger partial charge in [0.25, 0.3) is 0 Å². The molecule has 1 heterocycles. The lowest BCUT2D eigenvalue weighted by molar-refractivity contribution is 0.405. The summed E-state index contributed by atoms with van der Waals surface area (Å²) in [6.07, 6.45) is 1.04. The molecule has 0 unspecified atom stereocenters. The number of nitrogens with zero attached hydrogens (tertiary/aromatic N) is 3. The van der Waals surface area contributed by atoms with Crippen LogP contribution in [0.15, 0.2) is 30.3 Å². The molecule has 23 heavy (non-hydrogen) atoms. The zero-order valence-electron chi connectivity index (χ0n) is 13.9. The van der Waals surface area contributed by atoms with E-state index in [4.69, 9.17) is 0 Å². The molecular weight excluding hydrogens is 293 g/mol. The molecule has 0 atom stereocenters. The van der Waals surface area contributed by atoms with Crippen molar-refractivity contribution in [2.75, 3.05) is 37.8 Å². The molecule has 0 spiro atoms. The highest BCUT2D eigenvalue weighted by molar-refractivity contribution is 5.42. The average molecular weight is 317 g/mol. The summed E-state index contributed by atoms with van der Waals surface area (Å²) < 4.78 is 13.6. The van der Waals surface area contributed by atoms with E-state index >= 15 is 0 Å². The Kier molecular flexibility index (Phi) is 6.29. The molecule has 2 N–H and O–H groups in total. The van der Waals surface area contributed by atoms with E-state index in [9.17, 15) is 4.39 Å². The number of benzene rings is 1. The fourth-order valence-electron chi connectivity index (χ4n) is 2.17. The number of rotatable bonds is 8. The topological polar surface area (TPSA) is 53.1 Å². The highest BCUT2D eigenvalue weighted by Gasteiger charge is 2.04. The summed E-state index contributed by atoms with van der Waals surface area (Å²) in [4.78, 5) is 10.9. The van der Waals surface area contributed by atoms with Crippen molar-refractivity contribution in [1.82, 2.24) is 14.9 Å². The summed E-state index contributed by atoms with van der Waals surface area (Å²) >= 11 is 0. The van der Waals surface area contributed by atoms with Crippen LogP contribution in [0, 0.1) is 12.7 Å². The van der Waals surface area contributed by atoms with Crippen molar-refractivity contribution < 1.29 is 4.39 Å². The van der Waals surface area contributed by atoms with Gasteiger partial charge in [0.05, 0.1) is 0 Å². The number of hydrogen-bond acceptors (Lipinski definition) is 5. The maximum Gasteiger partial charge on any atom is 0.225 e. The van der Waals surface area contributed by atoms with Crippen LogP contribution in [0.2, 0.25) is 0 Å². The summed E-state index contributed by atoms with van der Waals surface area (Å²) in [6.45, 7) is 4.15. The van der Waals surface area contributed by atoms with Crippen molar-refractivity contribution >= 4 is 11.8 Å². The third kappa shape index (κ3) is 5.83. The Bertz CT molecular complexity index is 630. The van der Waals surface area contributed by atoms with Gasteiger partial charge in [-0.25, -0.2) is 9.37 Å². The van der Waals surface area contributed by atoms with Crippen molar-refractivity contribution in [1.29, 1.82) is 0 Å². The average Bonchev–Trinajstić information content (AvgIpc) is 2.50. The van der Waals surface area contributed by atoms with Crippen LogP contribution in [-0.4, -0.2) is 42.1 Å². The molecular formula is C17H24FN5. The lowest BCUT2D eigenvalue weighted by Crippen LogP contribution is -2.17. The van der Waals surface area contributed by atoms with Crippen LogP contribution in [-0.2, 0) is 6.54 Å². The molecule has 0 aliphatic rings. The molecule has 124 valence electrons. The SMILES string of the molecule is Cc1cc(NCCCN(C)C)nc(NCc2ccccc2F)n1. The van der Waals surface area contributed by atoms with E-state index < -0.39 is 0 Å². The number of hydrogen-bond donors (Lipinski definition) is 2. The molecule has 6 heteroatoms. The van der Waals surface area contributed by atoms with Gasteiger partial charge < -0.3 is 15.5 Å². The molecule has 1 aromatic carbocycles. The van der Waals surface area contributed by atoms with E-state index in [2.05, 4.69) is 39.6 Å². The smallest absolute Gasteiger partial charge is 0.225 e. The minimum absolute atomic E-state index is 0.227. The lowest BCUT2D eigenvalue weighted by Gasteiger charge is -2.12. The van der Waals surface area contributed by atoms with Gasteiger partial charge in [-0.1, -0.05) is 18.2 Å². The molecule has 0 radical (unpaired) electrons. The Morgan fingerprint density at radius 2 is 1.91 bits per heavy atom. The van der Waals surface area contributed by atoms with Crippen molar-refractivity contribution in [2.24, 2.45) is 0 Å². The van der Waals surface area contributed by atoms with Crippen LogP contribution in [0.1, 0.15) is 17.7 Å². The zero-order valence-corrected chi connectivity index (χ0v) is 13.9. The fraction of sp³-hybridized carbons (Fsp3) is 0.412. The van der Waals surface area contributed by atoms with Crippen LogP contribution < -0.4 is 10.6 Å². The predicted octanol–water partition coefficient (Wildman–Crippen LogP) is 2.90. The lowest BCUT2D eigenvalue weighted by atomic mass is 10.2. The van der Waals surface area contributed by atoms with Gasteiger partial charge in [-0.2, -0.15) is 4.98 Å². The molecule has 0 amide bonds. The van der Waals surface area contributed by atoms with Gasteiger partial charge in [0.15, 0.2) is 0 Å². The first-order valence-corrected chi connectivity index (χ1v) is 7.76. The third-order valence-electron chi connectivity index (χ3n) is 3.34. The number of aromatic nitrogens is 2. The van der Waals surface area contributed by atoms with E-state index in [0.717, 1.165) is 31.0 Å². The Hall–Kier alpha value is -2.21. The highest BCUT2D eigenvalue weighted by atomic mass is 19.1. The molecule has 0 aliphatic carbocycles. The van der Waals surface area contributed by atoms with E-state index in [-0.39, 0.29) is 5.82 Å². The normalized spacial score (nSPS) is 10.8. The van der Waals surface area contributed by atoms with Gasteiger partial charge in [0.2, 0.25) is 5.95 Å². The van der Waals surface area contributed by atoms with Crippen molar-refractivity contribution in [3.63, 3.8) is 0 Å². The highest BCUT2D eigenvalue weighted by Crippen LogP contribution is 2.12. The fourth-order valence-corrected chi connectivity index (χ4v) is 2.17. The standard InChI is InChI=1S/C17H24FN5/c1-13-11-16(19-9-6-10-23(2)3)22-17(21-13)20-12-14-7-4-5-8-15(14)18/h4-5,7-8,11H,6,9-10,12H2,1-3H3,(H2,19,20,21,22). The second-order valence-corrected chi connectivity index (χ2v) is 5.75. The first kappa shape index (κ1) is 17.1. The first-order valence-electron chi connectivity index (χ1n) is 7.76. The zero-order chi connectivity index (χ0) is 16.7. The largest absolute Gasteiger partial charge is 0.370 e. The van der Waals surface area contributed by atoms with Crippen LogP contribution in [0.4, 0.5) is 16.2 Å². The second kappa shape index (κ2) is 8.43. The monoisotopic (exact) mass is 317 g/mol. The van der Waals surface area contributed by atoms with Gasteiger partial charge in [-0.05, 0) is 40.1 Å². The molecule has 2 aromatic rings. The Balaban J connectivity index is 1.93. The van der Waals surface area contributed by atoms with E-state index in [0.29, 0.717) is 18.1 Å². The first-order chi connectivity index (χ1) is 11.0. The molecule has 0 fully saturated rings. The molecule has 2 rings (SSSR count). The minimum atomic E-state index is -0.227. The van der Waals surface area contributed by atoms with E-state index in [1.54, 1.807) is 12.1 Å². The molecule has 0 bridgehead atoms. The van der Waals surface area contributed by atoms with E-state index in [1.807, 2.05) is 19.1 Å². The minimum Gasteiger partial charge on any atom is -0.370 e. The van der Waals surface area contributed by atoms with Crippen molar-refractivity contribution in [3.8, 4) is 0 Å². The summed E-state index contributed by atoms with van der Waals surface area (Å²) in [6, 6.07) is 8.60. The van der Waals surface area contributed by atoms with Crippen molar-refractivity contribution in [3.05, 3.63) is 47.4 Å². The van der Waals surface area contributed by atoms with Crippen LogP contribution in [0.25, 0.3) is 0 Å². The molecule has 5 nitrogen and oxygen atoms in total. The molecule has 1 aromatic heterocycles.